The normalized spacial score (nSPS) is 23.0. The zero-order valence-electron chi connectivity index (χ0n) is 15.1. The minimum atomic E-state index is 0.587. The number of fused-ring (bicyclic) bond motifs is 3. The molecule has 0 amide bonds. The Bertz CT molecular complexity index is 941. The summed E-state index contributed by atoms with van der Waals surface area (Å²) in [6.07, 6.45) is 7.72. The van der Waals surface area contributed by atoms with Crippen molar-refractivity contribution in [2.24, 2.45) is 0 Å². The van der Waals surface area contributed by atoms with Crippen LogP contribution in [0.1, 0.15) is 36.8 Å². The average molecular weight is 339 g/mol. The van der Waals surface area contributed by atoms with Crippen molar-refractivity contribution >= 4 is 16.3 Å². The minimum Gasteiger partial charge on any atom is -0.289 e. The van der Waals surface area contributed by atoms with Gasteiger partial charge in [-0.15, -0.1) is 0 Å². The van der Waals surface area contributed by atoms with Crippen LogP contribution >= 0.6 is 0 Å². The van der Waals surface area contributed by atoms with Crippen molar-refractivity contribution in [2.45, 2.75) is 44.3 Å². The molecule has 0 spiro atoms. The van der Waals surface area contributed by atoms with Crippen LogP contribution in [0.3, 0.4) is 0 Å². The predicted octanol–water partition coefficient (Wildman–Crippen LogP) is 6.05. The molecule has 0 aliphatic carbocycles. The van der Waals surface area contributed by atoms with Crippen LogP contribution in [0.4, 0.5) is 0 Å². The van der Waals surface area contributed by atoms with Gasteiger partial charge in [0.2, 0.25) is 0 Å². The van der Waals surface area contributed by atoms with Gasteiger partial charge in [-0.1, -0.05) is 79.2 Å². The molecule has 1 nitrogen and oxygen atoms in total. The van der Waals surface area contributed by atoms with E-state index in [1.807, 2.05) is 0 Å². The van der Waals surface area contributed by atoms with Crippen molar-refractivity contribution in [2.75, 3.05) is 0 Å². The van der Waals surface area contributed by atoms with E-state index >= 15 is 0 Å². The van der Waals surface area contributed by atoms with Crippen LogP contribution in [0.2, 0.25) is 0 Å². The Kier molecular flexibility index (Phi) is 4.10. The van der Waals surface area contributed by atoms with Gasteiger partial charge in [0.15, 0.2) is 0 Å². The maximum absolute atomic E-state index is 2.74. The highest BCUT2D eigenvalue weighted by Crippen LogP contribution is 2.38. The fourth-order valence-corrected chi connectivity index (χ4v) is 4.76. The standard InChI is InChI=1S/C25H25N/c1-2-7-19(8-3-1)18-26-24-11-6-12-25(26)17-23(16-24)22-14-13-20-9-4-5-10-21(20)15-22/h1-5,7-10,13-16,24-25H,6,11-12,17-18H2. The molecule has 2 aliphatic heterocycles. The molecule has 0 N–H and O–H groups in total. The van der Waals surface area contributed by atoms with Gasteiger partial charge in [0.1, 0.15) is 0 Å². The lowest BCUT2D eigenvalue weighted by atomic mass is 9.82. The third-order valence-electron chi connectivity index (χ3n) is 6.11. The lowest BCUT2D eigenvalue weighted by Gasteiger charge is -2.45. The molecule has 0 radical (unpaired) electrons. The summed E-state index contributed by atoms with van der Waals surface area (Å²) in [6, 6.07) is 27.9. The van der Waals surface area contributed by atoms with E-state index in [-0.39, 0.29) is 0 Å². The van der Waals surface area contributed by atoms with Crippen molar-refractivity contribution in [3.05, 3.63) is 90.0 Å². The third-order valence-corrected chi connectivity index (χ3v) is 6.11. The fourth-order valence-electron chi connectivity index (χ4n) is 4.76. The number of benzene rings is 3. The third kappa shape index (κ3) is 2.97. The summed E-state index contributed by atoms with van der Waals surface area (Å²) in [6.45, 7) is 1.08. The molecule has 2 unspecified atom stereocenters. The van der Waals surface area contributed by atoms with Gasteiger partial charge in [-0.25, -0.2) is 0 Å². The molecule has 1 heteroatoms. The molecule has 5 rings (SSSR count). The number of hydrogen-bond donors (Lipinski definition) is 0. The second-order valence-corrected chi connectivity index (χ2v) is 7.77. The maximum Gasteiger partial charge on any atom is 0.0290 e. The monoisotopic (exact) mass is 339 g/mol. The molecule has 1 saturated heterocycles. The number of rotatable bonds is 3. The Morgan fingerprint density at radius 1 is 0.808 bits per heavy atom. The molecule has 0 aromatic heterocycles. The Labute approximate surface area is 156 Å². The summed E-state index contributed by atoms with van der Waals surface area (Å²) in [4.78, 5) is 2.74. The highest BCUT2D eigenvalue weighted by Gasteiger charge is 2.33. The molecule has 0 saturated carbocycles. The van der Waals surface area contributed by atoms with Gasteiger partial charge in [-0.3, -0.25) is 4.90 Å². The molecular formula is C25H25N. The summed E-state index contributed by atoms with van der Waals surface area (Å²) >= 11 is 0. The predicted molar refractivity (Wildman–Crippen MR) is 110 cm³/mol. The van der Waals surface area contributed by atoms with E-state index in [0.717, 1.165) is 6.54 Å². The van der Waals surface area contributed by atoms with E-state index in [9.17, 15) is 0 Å². The van der Waals surface area contributed by atoms with Crippen LogP contribution in [0.5, 0.6) is 0 Å². The minimum absolute atomic E-state index is 0.587. The van der Waals surface area contributed by atoms with Gasteiger partial charge in [0.05, 0.1) is 0 Å². The SMILES string of the molecule is C1=C(c2ccc3ccccc3c2)CC2CCCC1N2Cc1ccccc1. The van der Waals surface area contributed by atoms with Gasteiger partial charge in [0.25, 0.3) is 0 Å². The summed E-state index contributed by atoms with van der Waals surface area (Å²) in [5, 5.41) is 2.68. The first-order valence-electron chi connectivity index (χ1n) is 9.86. The fraction of sp³-hybridized carbons (Fsp3) is 0.280. The van der Waals surface area contributed by atoms with E-state index in [4.69, 9.17) is 0 Å². The molecule has 3 aromatic rings. The maximum atomic E-state index is 2.74. The molecule has 2 aliphatic rings. The van der Waals surface area contributed by atoms with Crippen LogP contribution in [-0.4, -0.2) is 17.0 Å². The van der Waals surface area contributed by atoms with Crippen molar-refractivity contribution in [1.29, 1.82) is 0 Å². The van der Waals surface area contributed by atoms with Gasteiger partial charge in [-0.2, -0.15) is 0 Å². The summed E-state index contributed by atoms with van der Waals surface area (Å²) < 4.78 is 0. The molecular weight excluding hydrogens is 314 g/mol. The zero-order chi connectivity index (χ0) is 17.3. The van der Waals surface area contributed by atoms with Gasteiger partial charge in [0, 0.05) is 18.6 Å². The molecule has 2 atom stereocenters. The second-order valence-electron chi connectivity index (χ2n) is 7.77. The molecule has 1 fully saturated rings. The summed E-state index contributed by atoms with van der Waals surface area (Å²) in [5.74, 6) is 0. The molecule has 26 heavy (non-hydrogen) atoms. The summed E-state index contributed by atoms with van der Waals surface area (Å²) in [7, 11) is 0. The Balaban J connectivity index is 1.46. The first kappa shape index (κ1) is 15.8. The highest BCUT2D eigenvalue weighted by molar-refractivity contribution is 5.86. The van der Waals surface area contributed by atoms with Gasteiger partial charge in [-0.05, 0) is 52.8 Å². The van der Waals surface area contributed by atoms with Crippen LogP contribution < -0.4 is 0 Å². The lowest BCUT2D eigenvalue weighted by Crippen LogP contribution is -2.47. The lowest BCUT2D eigenvalue weighted by molar-refractivity contribution is 0.0951. The molecule has 2 bridgehead atoms. The van der Waals surface area contributed by atoms with E-state index in [0.29, 0.717) is 12.1 Å². The van der Waals surface area contributed by atoms with Crippen LogP contribution in [0, 0.1) is 0 Å². The van der Waals surface area contributed by atoms with E-state index in [1.54, 1.807) is 5.57 Å². The van der Waals surface area contributed by atoms with Crippen LogP contribution in [0.25, 0.3) is 16.3 Å². The van der Waals surface area contributed by atoms with Crippen molar-refractivity contribution in [1.82, 2.24) is 4.90 Å². The highest BCUT2D eigenvalue weighted by atomic mass is 15.2. The molecule has 2 heterocycles. The molecule has 130 valence electrons. The van der Waals surface area contributed by atoms with Gasteiger partial charge < -0.3 is 0 Å². The largest absolute Gasteiger partial charge is 0.289 e. The quantitative estimate of drug-likeness (QED) is 0.561. The topological polar surface area (TPSA) is 3.24 Å². The van der Waals surface area contributed by atoms with E-state index in [1.165, 1.54) is 47.6 Å². The van der Waals surface area contributed by atoms with E-state index < -0.39 is 0 Å². The Morgan fingerprint density at radius 3 is 2.46 bits per heavy atom. The number of hydrogen-bond acceptors (Lipinski definition) is 1. The van der Waals surface area contributed by atoms with Gasteiger partial charge >= 0.3 is 0 Å². The van der Waals surface area contributed by atoms with Crippen LogP contribution in [0.15, 0.2) is 78.9 Å². The van der Waals surface area contributed by atoms with Crippen molar-refractivity contribution in [3.8, 4) is 0 Å². The summed E-state index contributed by atoms with van der Waals surface area (Å²) in [5.41, 5.74) is 4.40. The number of nitrogens with zero attached hydrogens (tertiary/aromatic N) is 1. The van der Waals surface area contributed by atoms with Crippen LogP contribution in [-0.2, 0) is 6.54 Å². The second kappa shape index (κ2) is 6.74. The Hall–Kier alpha value is -2.38. The zero-order valence-corrected chi connectivity index (χ0v) is 15.1. The first-order valence-corrected chi connectivity index (χ1v) is 9.86. The van der Waals surface area contributed by atoms with Crippen molar-refractivity contribution in [3.63, 3.8) is 0 Å². The number of piperidine rings is 1. The Morgan fingerprint density at radius 2 is 1.62 bits per heavy atom. The first-order chi connectivity index (χ1) is 12.9. The van der Waals surface area contributed by atoms with E-state index in [2.05, 4.69) is 83.8 Å². The average Bonchev–Trinajstić information content (AvgIpc) is 2.68. The molecule has 3 aromatic carbocycles. The smallest absolute Gasteiger partial charge is 0.0290 e. The van der Waals surface area contributed by atoms with Crippen molar-refractivity contribution < 1.29 is 0 Å².